The summed E-state index contributed by atoms with van der Waals surface area (Å²) in [5.41, 5.74) is 0.320. The summed E-state index contributed by atoms with van der Waals surface area (Å²) >= 11 is 12.3. The number of fused-ring (bicyclic) bond motifs is 1. The van der Waals surface area contributed by atoms with E-state index in [9.17, 15) is 19.2 Å². The van der Waals surface area contributed by atoms with Crippen LogP contribution in [0.15, 0.2) is 54.6 Å². The van der Waals surface area contributed by atoms with E-state index in [-0.39, 0.29) is 10.6 Å². The first-order valence-corrected chi connectivity index (χ1v) is 11.5. The number of hydrazine groups is 1. The maximum Gasteiger partial charge on any atom is 0.275 e. The number of nitrogens with zero attached hydrogens (tertiary/aromatic N) is 2. The minimum Gasteiger partial charge on any atom is -0.497 e. The Bertz CT molecular complexity index is 1170. The van der Waals surface area contributed by atoms with Gasteiger partial charge in [0.25, 0.3) is 17.7 Å². The van der Waals surface area contributed by atoms with Crippen LogP contribution in [0, 0.1) is 11.8 Å². The molecule has 3 amide bonds. The average Bonchev–Trinajstić information content (AvgIpc) is 3.09. The van der Waals surface area contributed by atoms with Gasteiger partial charge in [0.2, 0.25) is 0 Å². The first kappa shape index (κ1) is 24.0. The molecule has 1 saturated heterocycles. The molecule has 2 aliphatic rings. The van der Waals surface area contributed by atoms with Crippen molar-refractivity contribution in [1.29, 1.82) is 0 Å². The molecule has 1 aliphatic carbocycles. The number of hydrogen-bond acceptors (Lipinski definition) is 5. The second kappa shape index (κ2) is 9.60. The standard InChI is InChI=1S/C25H22Cl2N2O5/c1-14(22(30)15-7-10-17(34-2)11-8-15)28(25(33)20-12-9-16(26)13-21(20)27)29-23(31)18-5-3-4-6-19(18)24(29)32/h3-4,7-14,18-19H,5-6H2,1-2H3/t14-,18-,19-/m0/s1. The number of rotatable bonds is 6. The molecule has 4 rings (SSSR count). The van der Waals surface area contributed by atoms with Crippen molar-refractivity contribution < 1.29 is 23.9 Å². The molecule has 0 unspecified atom stereocenters. The predicted octanol–water partition coefficient (Wildman–Crippen LogP) is 4.58. The molecule has 1 fully saturated rings. The summed E-state index contributed by atoms with van der Waals surface area (Å²) in [7, 11) is 1.51. The van der Waals surface area contributed by atoms with Crippen LogP contribution in [0.5, 0.6) is 5.75 Å². The number of ketones is 1. The van der Waals surface area contributed by atoms with Crippen molar-refractivity contribution in [2.45, 2.75) is 25.8 Å². The Kier molecular flexibility index (Phi) is 6.77. The van der Waals surface area contributed by atoms with E-state index in [4.69, 9.17) is 27.9 Å². The van der Waals surface area contributed by atoms with Crippen molar-refractivity contribution in [3.05, 3.63) is 75.8 Å². The van der Waals surface area contributed by atoms with Crippen molar-refractivity contribution >= 4 is 46.7 Å². The molecule has 9 heteroatoms. The quantitative estimate of drug-likeness (QED) is 0.329. The van der Waals surface area contributed by atoms with E-state index in [1.807, 2.05) is 12.2 Å². The van der Waals surface area contributed by atoms with Crippen LogP contribution in [-0.2, 0) is 9.59 Å². The Labute approximate surface area is 206 Å². The fraction of sp³-hybridized carbons (Fsp3) is 0.280. The van der Waals surface area contributed by atoms with E-state index < -0.39 is 41.4 Å². The highest BCUT2D eigenvalue weighted by molar-refractivity contribution is 6.36. The second-order valence-electron chi connectivity index (χ2n) is 8.19. The van der Waals surface area contributed by atoms with E-state index in [2.05, 4.69) is 0 Å². The Morgan fingerprint density at radius 1 is 1.00 bits per heavy atom. The minimum absolute atomic E-state index is 0.0223. The van der Waals surface area contributed by atoms with Crippen LogP contribution in [0.3, 0.4) is 0 Å². The van der Waals surface area contributed by atoms with Gasteiger partial charge in [0.15, 0.2) is 5.78 Å². The Balaban J connectivity index is 1.76. The second-order valence-corrected chi connectivity index (χ2v) is 9.03. The first-order chi connectivity index (χ1) is 16.2. The highest BCUT2D eigenvalue weighted by Crippen LogP contribution is 2.37. The summed E-state index contributed by atoms with van der Waals surface area (Å²) in [6, 6.07) is 9.47. The largest absolute Gasteiger partial charge is 0.497 e. The van der Waals surface area contributed by atoms with Gasteiger partial charge in [-0.05, 0) is 62.2 Å². The van der Waals surface area contributed by atoms with Crippen LogP contribution in [0.4, 0.5) is 0 Å². The molecule has 1 aliphatic heterocycles. The fourth-order valence-corrected chi connectivity index (χ4v) is 4.82. The van der Waals surface area contributed by atoms with E-state index in [1.54, 1.807) is 24.3 Å². The van der Waals surface area contributed by atoms with Gasteiger partial charge in [-0.3, -0.25) is 19.2 Å². The van der Waals surface area contributed by atoms with E-state index in [0.717, 1.165) is 10.0 Å². The number of carbonyl (C=O) groups excluding carboxylic acids is 4. The Morgan fingerprint density at radius 2 is 1.59 bits per heavy atom. The van der Waals surface area contributed by atoms with Gasteiger partial charge in [0, 0.05) is 10.6 Å². The topological polar surface area (TPSA) is 84.0 Å². The fourth-order valence-electron chi connectivity index (χ4n) is 4.33. The third-order valence-corrected chi connectivity index (χ3v) is 6.74. The lowest BCUT2D eigenvalue weighted by Gasteiger charge is -2.35. The van der Waals surface area contributed by atoms with Gasteiger partial charge in [-0.15, -0.1) is 0 Å². The van der Waals surface area contributed by atoms with Gasteiger partial charge in [-0.2, -0.15) is 5.01 Å². The lowest BCUT2D eigenvalue weighted by molar-refractivity contribution is -0.156. The molecule has 0 spiro atoms. The molecular weight excluding hydrogens is 479 g/mol. The van der Waals surface area contributed by atoms with E-state index >= 15 is 0 Å². The molecule has 0 saturated carbocycles. The van der Waals surface area contributed by atoms with Crippen molar-refractivity contribution in [3.8, 4) is 5.75 Å². The SMILES string of the molecule is COc1ccc(C(=O)[C@H](C)N(C(=O)c2ccc(Cl)cc2Cl)N2C(=O)[C@H]3CC=CC[C@@H]3C2=O)cc1. The number of methoxy groups -OCH3 is 1. The summed E-state index contributed by atoms with van der Waals surface area (Å²) in [4.78, 5) is 53.7. The highest BCUT2D eigenvalue weighted by Gasteiger charge is 2.52. The maximum atomic E-state index is 13.7. The molecule has 3 atom stereocenters. The third-order valence-electron chi connectivity index (χ3n) is 6.19. The number of amides is 3. The third kappa shape index (κ3) is 4.21. The lowest BCUT2D eigenvalue weighted by atomic mass is 9.85. The van der Waals surface area contributed by atoms with E-state index in [0.29, 0.717) is 29.2 Å². The van der Waals surface area contributed by atoms with Crippen LogP contribution in [0.2, 0.25) is 10.0 Å². The molecule has 2 aromatic carbocycles. The lowest BCUT2D eigenvalue weighted by Crippen LogP contribution is -2.56. The van der Waals surface area contributed by atoms with Crippen molar-refractivity contribution in [1.82, 2.24) is 10.0 Å². The molecule has 0 bridgehead atoms. The molecule has 34 heavy (non-hydrogen) atoms. The van der Waals surface area contributed by atoms with Gasteiger partial charge in [0.1, 0.15) is 11.8 Å². The zero-order valence-electron chi connectivity index (χ0n) is 18.5. The monoisotopic (exact) mass is 500 g/mol. The summed E-state index contributed by atoms with van der Waals surface area (Å²) in [5.74, 6) is -2.79. The molecule has 176 valence electrons. The predicted molar refractivity (Wildman–Crippen MR) is 127 cm³/mol. The van der Waals surface area contributed by atoms with Gasteiger partial charge in [0.05, 0.1) is 29.5 Å². The number of Topliss-reactive ketones (excluding diaryl/α,β-unsaturated/α-hetero) is 1. The maximum absolute atomic E-state index is 13.7. The smallest absolute Gasteiger partial charge is 0.275 e. The molecule has 7 nitrogen and oxygen atoms in total. The van der Waals surface area contributed by atoms with Crippen LogP contribution < -0.4 is 4.74 Å². The van der Waals surface area contributed by atoms with Crippen molar-refractivity contribution in [2.75, 3.05) is 7.11 Å². The molecule has 0 N–H and O–H groups in total. The van der Waals surface area contributed by atoms with E-state index in [1.165, 1.54) is 32.2 Å². The van der Waals surface area contributed by atoms with Crippen molar-refractivity contribution in [3.63, 3.8) is 0 Å². The Morgan fingerprint density at radius 3 is 2.12 bits per heavy atom. The number of hydrogen-bond donors (Lipinski definition) is 0. The molecule has 0 aromatic heterocycles. The van der Waals surface area contributed by atoms with Gasteiger partial charge < -0.3 is 4.74 Å². The number of halogens is 2. The van der Waals surface area contributed by atoms with Gasteiger partial charge in [-0.1, -0.05) is 35.4 Å². The number of imide groups is 1. The number of ether oxygens (including phenoxy) is 1. The Hall–Kier alpha value is -3.16. The van der Waals surface area contributed by atoms with Crippen molar-refractivity contribution in [2.24, 2.45) is 11.8 Å². The molecule has 0 radical (unpaired) electrons. The molecule has 2 aromatic rings. The summed E-state index contributed by atoms with van der Waals surface area (Å²) in [6.07, 6.45) is 4.50. The zero-order valence-corrected chi connectivity index (χ0v) is 20.0. The van der Waals surface area contributed by atoms with Crippen LogP contribution in [0.25, 0.3) is 0 Å². The van der Waals surface area contributed by atoms with Gasteiger partial charge >= 0.3 is 0 Å². The zero-order chi connectivity index (χ0) is 24.6. The highest BCUT2D eigenvalue weighted by atomic mass is 35.5. The minimum atomic E-state index is -1.17. The van der Waals surface area contributed by atoms with Crippen LogP contribution >= 0.6 is 23.2 Å². The summed E-state index contributed by atoms with van der Waals surface area (Å²) < 4.78 is 5.13. The number of allylic oxidation sites excluding steroid dienone is 2. The number of benzene rings is 2. The normalized spacial score (nSPS) is 20.2. The summed E-state index contributed by atoms with van der Waals surface area (Å²) in [5, 5.41) is 2.14. The number of carbonyl (C=O) groups is 4. The molecule has 1 heterocycles. The summed E-state index contributed by atoms with van der Waals surface area (Å²) in [6.45, 7) is 1.48. The van der Waals surface area contributed by atoms with Crippen LogP contribution in [-0.4, -0.2) is 46.7 Å². The van der Waals surface area contributed by atoms with Crippen LogP contribution in [0.1, 0.15) is 40.5 Å². The molecular formula is C25H22Cl2N2O5. The first-order valence-electron chi connectivity index (χ1n) is 10.7. The average molecular weight is 501 g/mol. The van der Waals surface area contributed by atoms with Gasteiger partial charge in [-0.25, -0.2) is 5.01 Å².